The summed E-state index contributed by atoms with van der Waals surface area (Å²) in [6.45, 7) is 18.7. The molecule has 0 bridgehead atoms. The molecular formula is C18H40O6P2S2. The first-order valence-corrected chi connectivity index (χ1v) is 15.5. The lowest BCUT2D eigenvalue weighted by atomic mass is 10.5. The predicted octanol–water partition coefficient (Wildman–Crippen LogP) is 7.93. The zero-order valence-electron chi connectivity index (χ0n) is 19.0. The number of hydrogen-bond donors (Lipinski definition) is 0. The Balaban J connectivity index is 5.50. The normalized spacial score (nSPS) is 15.8. The van der Waals surface area contributed by atoms with E-state index in [4.69, 9.17) is 18.1 Å². The third kappa shape index (κ3) is 10.3. The summed E-state index contributed by atoms with van der Waals surface area (Å²) >= 11 is 0. The molecule has 0 rings (SSSR count). The molecule has 0 aliphatic rings. The van der Waals surface area contributed by atoms with Crippen LogP contribution < -0.4 is 0 Å². The third-order valence-electron chi connectivity index (χ3n) is 3.11. The van der Waals surface area contributed by atoms with Crippen molar-refractivity contribution in [3.63, 3.8) is 0 Å². The Morgan fingerprint density at radius 2 is 0.786 bits per heavy atom. The van der Waals surface area contributed by atoms with Crippen LogP contribution in [0.2, 0.25) is 0 Å². The average Bonchev–Trinajstić information content (AvgIpc) is 2.47. The van der Waals surface area contributed by atoms with Gasteiger partial charge in [0, 0.05) is 0 Å². The van der Waals surface area contributed by atoms with Gasteiger partial charge in [0.1, 0.15) is 9.98 Å². The van der Waals surface area contributed by atoms with Gasteiger partial charge in [0.25, 0.3) is 0 Å². The Morgan fingerprint density at radius 1 is 0.571 bits per heavy atom. The fourth-order valence-electron chi connectivity index (χ4n) is 2.31. The van der Waals surface area contributed by atoms with Crippen LogP contribution in [0.15, 0.2) is 0 Å². The van der Waals surface area contributed by atoms with E-state index < -0.39 is 15.2 Å². The van der Waals surface area contributed by atoms with Crippen molar-refractivity contribution >= 4 is 36.8 Å². The standard InChI is InChI=1S/C18H40O6P2S2/c1-11-17(25(19,21-13(3)4)22-14(5)6)27-28-18(12-2)26(20,23-15(7)8)24-16(9)10/h13-18H,11-12H2,1-10H3/t17-,18-/m1/s1. The van der Waals surface area contributed by atoms with E-state index in [1.807, 2.05) is 69.2 Å². The van der Waals surface area contributed by atoms with Gasteiger partial charge < -0.3 is 18.1 Å². The van der Waals surface area contributed by atoms with Gasteiger partial charge in [-0.05, 0) is 68.2 Å². The van der Waals surface area contributed by atoms with Crippen LogP contribution in [-0.2, 0) is 27.2 Å². The Labute approximate surface area is 180 Å². The summed E-state index contributed by atoms with van der Waals surface area (Å²) in [5.41, 5.74) is 0. The van der Waals surface area contributed by atoms with Crippen LogP contribution in [-0.4, -0.2) is 34.4 Å². The van der Waals surface area contributed by atoms with E-state index in [9.17, 15) is 9.13 Å². The summed E-state index contributed by atoms with van der Waals surface area (Å²) in [6.07, 6.45) is 0.338. The molecule has 0 aliphatic heterocycles. The highest BCUT2D eigenvalue weighted by Crippen LogP contribution is 2.67. The molecular weight excluding hydrogens is 438 g/mol. The molecule has 6 nitrogen and oxygen atoms in total. The van der Waals surface area contributed by atoms with Crippen molar-refractivity contribution in [1.82, 2.24) is 0 Å². The van der Waals surface area contributed by atoms with E-state index in [-0.39, 0.29) is 34.4 Å². The van der Waals surface area contributed by atoms with Gasteiger partial charge in [-0.3, -0.25) is 9.13 Å². The van der Waals surface area contributed by atoms with Crippen LogP contribution in [0.4, 0.5) is 0 Å². The largest absolute Gasteiger partial charge is 0.344 e. The van der Waals surface area contributed by atoms with Crippen LogP contribution in [0, 0.1) is 0 Å². The molecule has 0 amide bonds. The monoisotopic (exact) mass is 478 g/mol. The minimum atomic E-state index is -3.35. The first kappa shape index (κ1) is 29.0. The van der Waals surface area contributed by atoms with Gasteiger partial charge in [-0.25, -0.2) is 0 Å². The van der Waals surface area contributed by atoms with E-state index in [1.165, 1.54) is 21.6 Å². The molecule has 0 spiro atoms. The Bertz CT molecular complexity index is 454. The average molecular weight is 479 g/mol. The molecule has 0 fully saturated rings. The van der Waals surface area contributed by atoms with Crippen LogP contribution in [0.5, 0.6) is 0 Å². The SMILES string of the molecule is CC[C@@H](SS[C@H](CC)P(=O)(OC(C)C)OC(C)C)P(=O)(OC(C)C)OC(C)C. The topological polar surface area (TPSA) is 71.1 Å². The molecule has 10 heteroatoms. The molecule has 0 saturated carbocycles. The molecule has 0 heterocycles. The first-order valence-electron chi connectivity index (χ1n) is 10.0. The minimum absolute atomic E-state index is 0.217. The Hall–Kier alpha value is 1.000. The van der Waals surface area contributed by atoms with Crippen LogP contribution in [0.3, 0.4) is 0 Å². The molecule has 0 saturated heterocycles. The molecule has 28 heavy (non-hydrogen) atoms. The predicted molar refractivity (Wildman–Crippen MR) is 123 cm³/mol. The fraction of sp³-hybridized carbons (Fsp3) is 1.00. The van der Waals surface area contributed by atoms with Crippen LogP contribution >= 0.6 is 36.8 Å². The van der Waals surface area contributed by atoms with Crippen molar-refractivity contribution in [2.45, 2.75) is 116 Å². The molecule has 2 atom stereocenters. The zero-order valence-corrected chi connectivity index (χ0v) is 22.5. The highest BCUT2D eigenvalue weighted by atomic mass is 33.1. The minimum Gasteiger partial charge on any atom is -0.305 e. The summed E-state index contributed by atoms with van der Waals surface area (Å²) in [4.78, 5) is -0.745. The second-order valence-electron chi connectivity index (χ2n) is 7.61. The second kappa shape index (κ2) is 13.4. The smallest absolute Gasteiger partial charge is 0.305 e. The maximum absolute atomic E-state index is 13.5. The van der Waals surface area contributed by atoms with Gasteiger partial charge >= 0.3 is 15.2 Å². The Morgan fingerprint density at radius 3 is 0.929 bits per heavy atom. The highest BCUT2D eigenvalue weighted by Gasteiger charge is 2.42. The lowest BCUT2D eigenvalue weighted by Gasteiger charge is -2.31. The van der Waals surface area contributed by atoms with Crippen molar-refractivity contribution in [2.24, 2.45) is 0 Å². The highest BCUT2D eigenvalue weighted by molar-refractivity contribution is 8.78. The van der Waals surface area contributed by atoms with Gasteiger partial charge in [-0.2, -0.15) is 0 Å². The van der Waals surface area contributed by atoms with Gasteiger partial charge in [0.05, 0.1) is 24.4 Å². The lowest BCUT2D eigenvalue weighted by Crippen LogP contribution is -2.17. The molecule has 0 N–H and O–H groups in total. The second-order valence-corrected chi connectivity index (χ2v) is 15.2. The molecule has 0 aromatic rings. The van der Waals surface area contributed by atoms with E-state index >= 15 is 0 Å². The quantitative estimate of drug-likeness (QED) is 0.174. The lowest BCUT2D eigenvalue weighted by molar-refractivity contribution is 0.139. The maximum Gasteiger partial charge on any atom is 0.344 e. The molecule has 0 aromatic carbocycles. The van der Waals surface area contributed by atoms with Gasteiger partial charge in [-0.1, -0.05) is 35.4 Å². The van der Waals surface area contributed by atoms with E-state index in [0.717, 1.165) is 0 Å². The summed E-state index contributed by atoms with van der Waals surface area (Å²) in [6, 6.07) is 0. The number of hydrogen-bond acceptors (Lipinski definition) is 8. The van der Waals surface area contributed by atoms with Gasteiger partial charge in [0.15, 0.2) is 0 Å². The van der Waals surface area contributed by atoms with E-state index in [0.29, 0.717) is 12.8 Å². The van der Waals surface area contributed by atoms with Crippen molar-refractivity contribution in [3.05, 3.63) is 0 Å². The molecule has 0 unspecified atom stereocenters. The van der Waals surface area contributed by atoms with Gasteiger partial charge in [-0.15, -0.1) is 0 Å². The first-order chi connectivity index (χ1) is 12.8. The summed E-state index contributed by atoms with van der Waals surface area (Å²) < 4.78 is 49.9. The zero-order chi connectivity index (χ0) is 22.1. The molecule has 0 aliphatic carbocycles. The fourth-order valence-corrected chi connectivity index (χ4v) is 12.5. The Kier molecular flexibility index (Phi) is 13.9. The molecule has 0 radical (unpaired) electrons. The summed E-state index contributed by atoms with van der Waals surface area (Å²) in [7, 11) is -3.90. The third-order valence-corrected chi connectivity index (χ3v) is 14.1. The summed E-state index contributed by atoms with van der Waals surface area (Å²) in [5.74, 6) is 0. The van der Waals surface area contributed by atoms with E-state index in [1.54, 1.807) is 0 Å². The van der Waals surface area contributed by atoms with Gasteiger partial charge in [0.2, 0.25) is 0 Å². The van der Waals surface area contributed by atoms with Crippen molar-refractivity contribution < 1.29 is 27.2 Å². The maximum atomic E-state index is 13.5. The van der Waals surface area contributed by atoms with Crippen molar-refractivity contribution in [3.8, 4) is 0 Å². The van der Waals surface area contributed by atoms with Crippen LogP contribution in [0.1, 0.15) is 82.1 Å². The molecule has 0 aromatic heterocycles. The van der Waals surface area contributed by atoms with Crippen LogP contribution in [0.25, 0.3) is 0 Å². The summed E-state index contributed by atoms with van der Waals surface area (Å²) in [5, 5.41) is 0. The molecule has 170 valence electrons. The number of rotatable bonds is 15. The van der Waals surface area contributed by atoms with Crippen molar-refractivity contribution in [2.75, 3.05) is 0 Å². The van der Waals surface area contributed by atoms with Crippen molar-refractivity contribution in [1.29, 1.82) is 0 Å². The van der Waals surface area contributed by atoms with E-state index in [2.05, 4.69) is 0 Å².